The summed E-state index contributed by atoms with van der Waals surface area (Å²) in [6, 6.07) is 6.87. The number of amides is 1. The van der Waals surface area contributed by atoms with Crippen LogP contribution >= 0.6 is 0 Å². The summed E-state index contributed by atoms with van der Waals surface area (Å²) in [4.78, 5) is 17.8. The minimum Gasteiger partial charge on any atom is -0.384 e. The molecule has 1 aliphatic heterocycles. The molecular weight excluding hydrogens is 370 g/mol. The van der Waals surface area contributed by atoms with Crippen molar-refractivity contribution in [2.75, 3.05) is 45.8 Å². The molecule has 0 radical (unpaired) electrons. The number of ether oxygens (including phenoxy) is 2. The van der Waals surface area contributed by atoms with E-state index < -0.39 is 16.1 Å². The van der Waals surface area contributed by atoms with Crippen LogP contribution in [0.25, 0.3) is 10.9 Å². The van der Waals surface area contributed by atoms with Gasteiger partial charge >= 0.3 is 0 Å². The summed E-state index contributed by atoms with van der Waals surface area (Å²) in [6.45, 7) is 1.91. The number of carbonyl (C=O) groups is 1. The van der Waals surface area contributed by atoms with Crippen LogP contribution in [0.2, 0.25) is 0 Å². The fourth-order valence-corrected chi connectivity index (χ4v) is 4.29. The van der Waals surface area contributed by atoms with Crippen LogP contribution < -0.4 is 4.72 Å². The number of sulfonamides is 1. The van der Waals surface area contributed by atoms with Crippen molar-refractivity contribution < 1.29 is 22.7 Å². The first-order chi connectivity index (χ1) is 13.0. The molecule has 1 aromatic heterocycles. The molecule has 1 saturated heterocycles. The standard InChI is InChI=1S/C18H25N3O5S/c1-25-10-11-27(23,24)20-17(18(22)21-6-8-26-9-7-21)12-14-13-19-16-5-3-2-4-15(14)16/h2-5,13,17,19-20H,6-12H2,1H3/t17-/m0/s1. The number of aromatic nitrogens is 1. The molecule has 0 aliphatic carbocycles. The number of para-hydroxylation sites is 1. The Morgan fingerprint density at radius 1 is 1.33 bits per heavy atom. The van der Waals surface area contributed by atoms with E-state index in [0.29, 0.717) is 26.3 Å². The first-order valence-corrected chi connectivity index (χ1v) is 10.6. The second-order valence-electron chi connectivity index (χ2n) is 6.48. The van der Waals surface area contributed by atoms with Gasteiger partial charge in [-0.15, -0.1) is 0 Å². The molecule has 1 aliphatic rings. The fourth-order valence-electron chi connectivity index (χ4n) is 3.17. The van der Waals surface area contributed by atoms with Crippen LogP contribution in [0.15, 0.2) is 30.5 Å². The molecule has 1 aromatic carbocycles. The maximum absolute atomic E-state index is 13.0. The predicted molar refractivity (Wildman–Crippen MR) is 102 cm³/mol. The van der Waals surface area contributed by atoms with Gasteiger partial charge in [0.15, 0.2) is 0 Å². The molecule has 1 atom stereocenters. The number of hydrogen-bond donors (Lipinski definition) is 2. The molecular formula is C18H25N3O5S. The largest absolute Gasteiger partial charge is 0.384 e. The zero-order chi connectivity index (χ0) is 19.3. The lowest BCUT2D eigenvalue weighted by Gasteiger charge is -2.30. The van der Waals surface area contributed by atoms with Gasteiger partial charge in [0.2, 0.25) is 15.9 Å². The first kappa shape index (κ1) is 19.8. The van der Waals surface area contributed by atoms with Gasteiger partial charge in [-0.2, -0.15) is 0 Å². The highest BCUT2D eigenvalue weighted by atomic mass is 32.2. The van der Waals surface area contributed by atoms with Gasteiger partial charge in [0.1, 0.15) is 6.04 Å². The minimum absolute atomic E-state index is 0.0703. The van der Waals surface area contributed by atoms with E-state index in [-0.39, 0.29) is 24.7 Å². The fraction of sp³-hybridized carbons (Fsp3) is 0.500. The number of benzene rings is 1. The number of H-pyrrole nitrogens is 1. The van der Waals surface area contributed by atoms with E-state index in [2.05, 4.69) is 9.71 Å². The number of nitrogens with one attached hydrogen (secondary N) is 2. The Morgan fingerprint density at radius 3 is 2.81 bits per heavy atom. The molecule has 0 bridgehead atoms. The Labute approximate surface area is 158 Å². The zero-order valence-corrected chi connectivity index (χ0v) is 16.1. The van der Waals surface area contributed by atoms with Crippen LogP contribution in [0.3, 0.4) is 0 Å². The summed E-state index contributed by atoms with van der Waals surface area (Å²) in [5, 5.41) is 0.980. The zero-order valence-electron chi connectivity index (χ0n) is 15.3. The summed E-state index contributed by atoms with van der Waals surface area (Å²) in [6.07, 6.45) is 2.10. The van der Waals surface area contributed by atoms with Gasteiger partial charge in [-0.1, -0.05) is 18.2 Å². The maximum Gasteiger partial charge on any atom is 0.241 e. The van der Waals surface area contributed by atoms with Crippen molar-refractivity contribution in [2.45, 2.75) is 12.5 Å². The van der Waals surface area contributed by atoms with E-state index in [0.717, 1.165) is 16.5 Å². The molecule has 1 fully saturated rings. The summed E-state index contributed by atoms with van der Waals surface area (Å²) in [7, 11) is -2.20. The van der Waals surface area contributed by atoms with Crippen molar-refractivity contribution in [1.29, 1.82) is 0 Å². The summed E-state index contributed by atoms with van der Waals surface area (Å²) in [5.74, 6) is -0.422. The van der Waals surface area contributed by atoms with Crippen molar-refractivity contribution in [3.8, 4) is 0 Å². The van der Waals surface area contributed by atoms with E-state index in [1.54, 1.807) is 4.90 Å². The van der Waals surface area contributed by atoms with Crippen LogP contribution in [-0.4, -0.2) is 76.0 Å². The molecule has 0 spiro atoms. The Kier molecular flexibility index (Phi) is 6.48. The molecule has 148 valence electrons. The minimum atomic E-state index is -3.65. The monoisotopic (exact) mass is 395 g/mol. The van der Waals surface area contributed by atoms with Crippen molar-refractivity contribution in [3.63, 3.8) is 0 Å². The SMILES string of the molecule is COCCS(=O)(=O)N[C@@H](Cc1c[nH]c2ccccc12)C(=O)N1CCOCC1. The Bertz CT molecular complexity index is 874. The average molecular weight is 395 g/mol. The van der Waals surface area contributed by atoms with E-state index in [9.17, 15) is 13.2 Å². The maximum atomic E-state index is 13.0. The van der Waals surface area contributed by atoms with E-state index in [1.807, 2.05) is 30.5 Å². The highest BCUT2D eigenvalue weighted by Gasteiger charge is 2.30. The quantitative estimate of drug-likeness (QED) is 0.678. The lowest BCUT2D eigenvalue weighted by atomic mass is 10.0. The van der Waals surface area contributed by atoms with E-state index in [1.165, 1.54) is 7.11 Å². The van der Waals surface area contributed by atoms with Gasteiger partial charge < -0.3 is 19.4 Å². The number of aromatic amines is 1. The number of fused-ring (bicyclic) bond motifs is 1. The number of nitrogens with zero attached hydrogens (tertiary/aromatic N) is 1. The molecule has 1 amide bonds. The molecule has 2 aromatic rings. The summed E-state index contributed by atoms with van der Waals surface area (Å²) in [5.41, 5.74) is 1.85. The van der Waals surface area contributed by atoms with E-state index >= 15 is 0 Å². The Balaban J connectivity index is 1.83. The third-order valence-electron chi connectivity index (χ3n) is 4.60. The third kappa shape index (κ3) is 5.07. The van der Waals surface area contributed by atoms with Crippen LogP contribution in [-0.2, 0) is 30.7 Å². The molecule has 2 heterocycles. The smallest absolute Gasteiger partial charge is 0.241 e. The van der Waals surface area contributed by atoms with Gasteiger partial charge in [-0.05, 0) is 18.1 Å². The molecule has 9 heteroatoms. The predicted octanol–water partition coefficient (Wildman–Crippen LogP) is 0.504. The second-order valence-corrected chi connectivity index (χ2v) is 8.36. The Hall–Kier alpha value is -1.94. The average Bonchev–Trinajstić information content (AvgIpc) is 3.09. The number of morpholine rings is 1. The van der Waals surface area contributed by atoms with Crippen molar-refractivity contribution in [1.82, 2.24) is 14.6 Å². The third-order valence-corrected chi connectivity index (χ3v) is 5.95. The van der Waals surface area contributed by atoms with Gasteiger partial charge in [0.25, 0.3) is 0 Å². The molecule has 27 heavy (non-hydrogen) atoms. The lowest BCUT2D eigenvalue weighted by molar-refractivity contribution is -0.137. The summed E-state index contributed by atoms with van der Waals surface area (Å²) >= 11 is 0. The van der Waals surface area contributed by atoms with Crippen LogP contribution in [0.5, 0.6) is 0 Å². The highest BCUT2D eigenvalue weighted by molar-refractivity contribution is 7.89. The van der Waals surface area contributed by atoms with Crippen molar-refractivity contribution in [3.05, 3.63) is 36.0 Å². The van der Waals surface area contributed by atoms with Crippen molar-refractivity contribution >= 4 is 26.8 Å². The summed E-state index contributed by atoms with van der Waals surface area (Å²) < 4.78 is 37.5. The van der Waals surface area contributed by atoms with Crippen molar-refractivity contribution in [2.24, 2.45) is 0 Å². The number of rotatable bonds is 8. The van der Waals surface area contributed by atoms with Gasteiger partial charge in [0.05, 0.1) is 25.6 Å². The second kappa shape index (κ2) is 8.83. The van der Waals surface area contributed by atoms with Crippen LogP contribution in [0, 0.1) is 0 Å². The van der Waals surface area contributed by atoms with Gasteiger partial charge in [-0.3, -0.25) is 4.79 Å². The molecule has 3 rings (SSSR count). The Morgan fingerprint density at radius 2 is 2.07 bits per heavy atom. The number of carbonyl (C=O) groups excluding carboxylic acids is 1. The topological polar surface area (TPSA) is 101 Å². The van der Waals surface area contributed by atoms with Crippen LogP contribution in [0.1, 0.15) is 5.56 Å². The number of hydrogen-bond acceptors (Lipinski definition) is 5. The van der Waals surface area contributed by atoms with Gasteiger partial charge in [-0.25, -0.2) is 13.1 Å². The highest BCUT2D eigenvalue weighted by Crippen LogP contribution is 2.20. The molecule has 0 saturated carbocycles. The van der Waals surface area contributed by atoms with Gasteiger partial charge in [0, 0.05) is 37.3 Å². The number of methoxy groups -OCH3 is 1. The molecule has 8 nitrogen and oxygen atoms in total. The lowest BCUT2D eigenvalue weighted by Crippen LogP contribution is -2.53. The first-order valence-electron chi connectivity index (χ1n) is 8.90. The molecule has 0 unspecified atom stereocenters. The normalized spacial score (nSPS) is 16.6. The molecule has 2 N–H and O–H groups in total. The van der Waals surface area contributed by atoms with Crippen LogP contribution in [0.4, 0.5) is 0 Å². The van der Waals surface area contributed by atoms with E-state index in [4.69, 9.17) is 9.47 Å².